The second kappa shape index (κ2) is 6.37. The molecule has 4 heteroatoms. The van der Waals surface area contributed by atoms with Crippen molar-refractivity contribution in [2.24, 2.45) is 0 Å². The predicted molar refractivity (Wildman–Crippen MR) is 61.7 cm³/mol. The maximum Gasteiger partial charge on any atom is 0.123 e. The topological polar surface area (TPSA) is 60.2 Å². The molecule has 0 aliphatic carbocycles. The van der Waals surface area contributed by atoms with E-state index in [9.17, 15) is 0 Å². The van der Waals surface area contributed by atoms with Crippen LogP contribution in [0.1, 0.15) is 12.0 Å². The van der Waals surface area contributed by atoms with Gasteiger partial charge in [0.1, 0.15) is 5.82 Å². The molecule has 15 heavy (non-hydrogen) atoms. The molecule has 1 heterocycles. The lowest BCUT2D eigenvalue weighted by molar-refractivity contribution is 0.184. The van der Waals surface area contributed by atoms with Crippen LogP contribution in [0.3, 0.4) is 0 Å². The average molecular weight is 209 g/mol. The molecule has 0 saturated carbocycles. The molecular weight excluding hydrogens is 190 g/mol. The lowest BCUT2D eigenvalue weighted by Crippen LogP contribution is -2.28. The molecule has 0 spiro atoms. The van der Waals surface area contributed by atoms with Crippen molar-refractivity contribution in [2.75, 3.05) is 26.5 Å². The molecular formula is C11H19N3O. The molecule has 0 radical (unpaired) electrons. The normalized spacial score (nSPS) is 12.7. The van der Waals surface area contributed by atoms with Crippen molar-refractivity contribution in [3.63, 3.8) is 0 Å². The highest BCUT2D eigenvalue weighted by atomic mass is 16.5. The van der Waals surface area contributed by atoms with E-state index >= 15 is 0 Å². The van der Waals surface area contributed by atoms with Crippen molar-refractivity contribution in [3.05, 3.63) is 23.9 Å². The largest absolute Gasteiger partial charge is 0.385 e. The fraction of sp³-hybridized carbons (Fsp3) is 0.545. The highest BCUT2D eigenvalue weighted by Crippen LogP contribution is 2.08. The second-order valence-electron chi connectivity index (χ2n) is 3.56. The van der Waals surface area contributed by atoms with Gasteiger partial charge in [-0.15, -0.1) is 0 Å². The third-order valence-electron chi connectivity index (χ3n) is 2.41. The molecule has 84 valence electrons. The molecule has 3 N–H and O–H groups in total. The molecule has 4 nitrogen and oxygen atoms in total. The molecule has 0 aromatic carbocycles. The molecule has 1 aromatic rings. The maximum atomic E-state index is 5.62. The van der Waals surface area contributed by atoms with Crippen LogP contribution in [0.5, 0.6) is 0 Å². The van der Waals surface area contributed by atoms with E-state index < -0.39 is 0 Å². The van der Waals surface area contributed by atoms with Gasteiger partial charge in [0.05, 0.1) is 0 Å². The summed E-state index contributed by atoms with van der Waals surface area (Å²) in [6.45, 7) is 0.770. The molecule has 0 aliphatic rings. The van der Waals surface area contributed by atoms with E-state index in [1.54, 1.807) is 13.3 Å². The Hall–Kier alpha value is -1.13. The Kier molecular flexibility index (Phi) is 5.07. The summed E-state index contributed by atoms with van der Waals surface area (Å²) in [6, 6.07) is 4.33. The number of likely N-dealkylation sites (N-methyl/N-ethyl adjacent to an activating group) is 1. The Labute approximate surface area is 90.8 Å². The van der Waals surface area contributed by atoms with E-state index in [-0.39, 0.29) is 0 Å². The lowest BCUT2D eigenvalue weighted by atomic mass is 10.0. The summed E-state index contributed by atoms with van der Waals surface area (Å²) in [7, 11) is 3.68. The Morgan fingerprint density at radius 2 is 2.40 bits per heavy atom. The summed E-state index contributed by atoms with van der Waals surface area (Å²) < 4.78 is 5.06. The van der Waals surface area contributed by atoms with Gasteiger partial charge in [-0.1, -0.05) is 0 Å². The number of anilines is 1. The van der Waals surface area contributed by atoms with E-state index in [0.29, 0.717) is 11.9 Å². The van der Waals surface area contributed by atoms with Gasteiger partial charge < -0.3 is 15.8 Å². The van der Waals surface area contributed by atoms with Crippen LogP contribution in [-0.2, 0) is 11.2 Å². The monoisotopic (exact) mass is 209 g/mol. The van der Waals surface area contributed by atoms with Gasteiger partial charge in [0.25, 0.3) is 0 Å². The average Bonchev–Trinajstić information content (AvgIpc) is 2.24. The fourth-order valence-electron chi connectivity index (χ4n) is 1.51. The second-order valence-corrected chi connectivity index (χ2v) is 3.56. The molecule has 0 saturated heterocycles. The zero-order valence-corrected chi connectivity index (χ0v) is 9.36. The minimum absolute atomic E-state index is 0.423. The number of nitrogens with one attached hydrogen (secondary N) is 1. The van der Waals surface area contributed by atoms with E-state index in [0.717, 1.165) is 19.4 Å². The molecule has 0 bridgehead atoms. The van der Waals surface area contributed by atoms with Crippen molar-refractivity contribution in [3.8, 4) is 0 Å². The van der Waals surface area contributed by atoms with Crippen LogP contribution >= 0.6 is 0 Å². The quantitative estimate of drug-likeness (QED) is 0.728. The Balaban J connectivity index is 2.50. The van der Waals surface area contributed by atoms with Gasteiger partial charge in [-0.25, -0.2) is 4.98 Å². The van der Waals surface area contributed by atoms with E-state index in [4.69, 9.17) is 10.5 Å². The first-order valence-electron chi connectivity index (χ1n) is 5.13. The Morgan fingerprint density at radius 1 is 1.60 bits per heavy atom. The minimum Gasteiger partial charge on any atom is -0.385 e. The summed E-state index contributed by atoms with van der Waals surface area (Å²) >= 11 is 0. The molecule has 0 fully saturated rings. The zero-order valence-electron chi connectivity index (χ0n) is 9.36. The first-order chi connectivity index (χ1) is 7.26. The third-order valence-corrected chi connectivity index (χ3v) is 2.41. The van der Waals surface area contributed by atoms with Crippen molar-refractivity contribution in [2.45, 2.75) is 18.9 Å². The number of nitrogens with zero attached hydrogens (tertiary/aromatic N) is 1. The van der Waals surface area contributed by atoms with E-state index in [2.05, 4.69) is 10.3 Å². The number of ether oxygens (including phenoxy) is 1. The van der Waals surface area contributed by atoms with Gasteiger partial charge in [-0.3, -0.25) is 0 Å². The molecule has 1 unspecified atom stereocenters. The van der Waals surface area contributed by atoms with Crippen molar-refractivity contribution < 1.29 is 4.74 Å². The summed E-state index contributed by atoms with van der Waals surface area (Å²) in [4.78, 5) is 3.97. The molecule has 1 aromatic heterocycles. The lowest BCUT2D eigenvalue weighted by Gasteiger charge is -2.15. The Morgan fingerprint density at radius 3 is 3.00 bits per heavy atom. The van der Waals surface area contributed by atoms with Gasteiger partial charge in [0, 0.05) is 26.0 Å². The molecule has 0 amide bonds. The number of hydrogen-bond donors (Lipinski definition) is 2. The summed E-state index contributed by atoms with van der Waals surface area (Å²) in [6.07, 6.45) is 3.69. The van der Waals surface area contributed by atoms with Crippen LogP contribution < -0.4 is 11.1 Å². The summed E-state index contributed by atoms with van der Waals surface area (Å²) in [5.41, 5.74) is 6.83. The van der Waals surface area contributed by atoms with Crippen LogP contribution in [-0.4, -0.2) is 31.8 Å². The number of nitrogens with two attached hydrogens (primary N) is 1. The van der Waals surface area contributed by atoms with E-state index in [1.165, 1.54) is 5.56 Å². The predicted octanol–water partition coefficient (Wildman–Crippen LogP) is 0.831. The number of aromatic nitrogens is 1. The SMILES string of the molecule is CNC(CCOC)Cc1ccnc(N)c1. The summed E-state index contributed by atoms with van der Waals surface area (Å²) in [5.74, 6) is 0.578. The van der Waals surface area contributed by atoms with Gasteiger partial charge in [0.2, 0.25) is 0 Å². The number of nitrogen functional groups attached to an aromatic ring is 1. The van der Waals surface area contributed by atoms with Gasteiger partial charge >= 0.3 is 0 Å². The van der Waals surface area contributed by atoms with Gasteiger partial charge in [-0.05, 0) is 37.6 Å². The zero-order chi connectivity index (χ0) is 11.1. The Bertz CT molecular complexity index is 291. The minimum atomic E-state index is 0.423. The van der Waals surface area contributed by atoms with Crippen LogP contribution in [0.2, 0.25) is 0 Å². The van der Waals surface area contributed by atoms with Gasteiger partial charge in [-0.2, -0.15) is 0 Å². The smallest absolute Gasteiger partial charge is 0.123 e. The van der Waals surface area contributed by atoms with E-state index in [1.807, 2.05) is 19.2 Å². The molecule has 1 atom stereocenters. The molecule has 1 rings (SSSR count). The first kappa shape index (κ1) is 11.9. The number of rotatable bonds is 6. The first-order valence-corrected chi connectivity index (χ1v) is 5.13. The number of hydrogen-bond acceptors (Lipinski definition) is 4. The number of pyridine rings is 1. The van der Waals surface area contributed by atoms with Crippen LogP contribution in [0.15, 0.2) is 18.3 Å². The van der Waals surface area contributed by atoms with Crippen LogP contribution in [0, 0.1) is 0 Å². The van der Waals surface area contributed by atoms with Crippen molar-refractivity contribution in [1.82, 2.24) is 10.3 Å². The maximum absolute atomic E-state index is 5.62. The van der Waals surface area contributed by atoms with Crippen molar-refractivity contribution in [1.29, 1.82) is 0 Å². The standard InChI is InChI=1S/C11H19N3O/c1-13-10(4-6-15-2)7-9-3-5-14-11(12)8-9/h3,5,8,10,13H,4,6-7H2,1-2H3,(H2,12,14). The number of methoxy groups -OCH3 is 1. The van der Waals surface area contributed by atoms with Gasteiger partial charge in [0.15, 0.2) is 0 Å². The fourth-order valence-corrected chi connectivity index (χ4v) is 1.51. The third kappa shape index (κ3) is 4.27. The molecule has 0 aliphatic heterocycles. The highest BCUT2D eigenvalue weighted by Gasteiger charge is 2.07. The highest BCUT2D eigenvalue weighted by molar-refractivity contribution is 5.32. The van der Waals surface area contributed by atoms with Crippen LogP contribution in [0.25, 0.3) is 0 Å². The van der Waals surface area contributed by atoms with Crippen LogP contribution in [0.4, 0.5) is 5.82 Å². The summed E-state index contributed by atoms with van der Waals surface area (Å²) in [5, 5.41) is 3.26. The van der Waals surface area contributed by atoms with Crippen molar-refractivity contribution >= 4 is 5.82 Å².